The first-order valence-corrected chi connectivity index (χ1v) is 12.6. The van der Waals surface area contributed by atoms with Crippen LogP contribution >= 0.6 is 0 Å². The summed E-state index contributed by atoms with van der Waals surface area (Å²) in [6.45, 7) is 1.82. The maximum Gasteiger partial charge on any atom is 0.251 e. The zero-order chi connectivity index (χ0) is 26.2. The van der Waals surface area contributed by atoms with Crippen molar-refractivity contribution in [2.45, 2.75) is 57.3 Å². The summed E-state index contributed by atoms with van der Waals surface area (Å²) in [4.78, 5) is 37.3. The Kier molecular flexibility index (Phi) is 8.74. The number of phenols is 1. The number of amides is 3. The fourth-order valence-corrected chi connectivity index (χ4v) is 4.62. The lowest BCUT2D eigenvalue weighted by atomic mass is 9.90. The number of phenolic OH excluding ortho intramolecular Hbond substituents is 1. The van der Waals surface area contributed by atoms with Crippen LogP contribution in [-0.4, -0.2) is 47.6 Å². The van der Waals surface area contributed by atoms with Gasteiger partial charge in [-0.05, 0) is 66.3 Å². The summed E-state index contributed by atoms with van der Waals surface area (Å²) in [7, 11) is 0. The van der Waals surface area contributed by atoms with Crippen LogP contribution in [0.1, 0.15) is 48.5 Å². The summed E-state index contributed by atoms with van der Waals surface area (Å²) < 4.78 is 5.69. The SMILES string of the molecule is CC(=O)NC(COCc1ccccc1)C(=O)NC1CCC(NC(=O)c2ccc3cc(O)ccc3c2)CC1. The molecule has 1 atom stereocenters. The van der Waals surface area contributed by atoms with E-state index in [1.807, 2.05) is 42.5 Å². The average molecular weight is 504 g/mol. The Bertz CT molecular complexity index is 1240. The highest BCUT2D eigenvalue weighted by molar-refractivity contribution is 5.99. The fraction of sp³-hybridized carbons (Fsp3) is 0.345. The maximum absolute atomic E-state index is 12.9. The number of fused-ring (bicyclic) bond motifs is 1. The van der Waals surface area contributed by atoms with Crippen molar-refractivity contribution in [1.82, 2.24) is 16.0 Å². The molecule has 0 aliphatic heterocycles. The largest absolute Gasteiger partial charge is 0.508 e. The molecule has 4 N–H and O–H groups in total. The molecule has 3 aromatic rings. The van der Waals surface area contributed by atoms with Crippen LogP contribution in [0.4, 0.5) is 0 Å². The van der Waals surface area contributed by atoms with Crippen molar-refractivity contribution in [2.24, 2.45) is 0 Å². The zero-order valence-corrected chi connectivity index (χ0v) is 20.9. The molecule has 37 heavy (non-hydrogen) atoms. The van der Waals surface area contributed by atoms with Crippen LogP contribution in [0.3, 0.4) is 0 Å². The zero-order valence-electron chi connectivity index (χ0n) is 20.9. The highest BCUT2D eigenvalue weighted by atomic mass is 16.5. The molecule has 0 aromatic heterocycles. The first-order chi connectivity index (χ1) is 17.9. The molecule has 4 rings (SSSR count). The summed E-state index contributed by atoms with van der Waals surface area (Å²) in [6, 6.07) is 19.3. The number of aromatic hydroxyl groups is 1. The topological polar surface area (TPSA) is 117 Å². The van der Waals surface area contributed by atoms with Crippen LogP contribution in [0, 0.1) is 0 Å². The lowest BCUT2D eigenvalue weighted by Crippen LogP contribution is -2.52. The highest BCUT2D eigenvalue weighted by Crippen LogP contribution is 2.22. The molecule has 0 heterocycles. The van der Waals surface area contributed by atoms with E-state index in [1.54, 1.807) is 24.3 Å². The van der Waals surface area contributed by atoms with Crippen molar-refractivity contribution >= 4 is 28.5 Å². The van der Waals surface area contributed by atoms with Gasteiger partial charge in [-0.25, -0.2) is 0 Å². The monoisotopic (exact) mass is 503 g/mol. The average Bonchev–Trinajstić information content (AvgIpc) is 2.89. The molecule has 0 radical (unpaired) electrons. The minimum Gasteiger partial charge on any atom is -0.508 e. The van der Waals surface area contributed by atoms with E-state index in [1.165, 1.54) is 6.92 Å². The number of hydrogen-bond donors (Lipinski definition) is 4. The van der Waals surface area contributed by atoms with Crippen LogP contribution in [0.15, 0.2) is 66.7 Å². The van der Waals surface area contributed by atoms with Crippen molar-refractivity contribution < 1.29 is 24.2 Å². The highest BCUT2D eigenvalue weighted by Gasteiger charge is 2.27. The number of benzene rings is 3. The molecule has 3 aromatic carbocycles. The van der Waals surface area contributed by atoms with Gasteiger partial charge in [0.2, 0.25) is 11.8 Å². The van der Waals surface area contributed by atoms with Crippen LogP contribution in [0.25, 0.3) is 10.8 Å². The Morgan fingerprint density at radius 3 is 2.24 bits per heavy atom. The minimum absolute atomic E-state index is 0.0246. The maximum atomic E-state index is 12.9. The van der Waals surface area contributed by atoms with E-state index in [2.05, 4.69) is 16.0 Å². The molecule has 0 spiro atoms. The first kappa shape index (κ1) is 26.2. The standard InChI is InChI=1S/C29H33N3O5/c1-19(33)30-27(18-37-17-20-5-3-2-4-6-20)29(36)32-25-12-10-24(11-13-25)31-28(35)23-8-7-22-16-26(34)14-9-21(22)15-23/h2-9,14-16,24-25,27,34H,10-13,17-18H2,1H3,(H,30,33)(H,31,35)(H,32,36). The summed E-state index contributed by atoms with van der Waals surface area (Å²) >= 11 is 0. The second kappa shape index (κ2) is 12.4. The van der Waals surface area contributed by atoms with E-state index in [0.717, 1.165) is 42.0 Å². The van der Waals surface area contributed by atoms with Crippen LogP contribution in [0.2, 0.25) is 0 Å². The first-order valence-electron chi connectivity index (χ1n) is 12.6. The normalized spacial score (nSPS) is 18.1. The molecule has 8 nitrogen and oxygen atoms in total. The summed E-state index contributed by atoms with van der Waals surface area (Å²) in [5, 5.41) is 20.2. The number of ether oxygens (including phenoxy) is 1. The van der Waals surface area contributed by atoms with Gasteiger partial charge < -0.3 is 25.8 Å². The summed E-state index contributed by atoms with van der Waals surface area (Å²) in [5.74, 6) is -0.501. The Balaban J connectivity index is 1.24. The van der Waals surface area contributed by atoms with Gasteiger partial charge in [-0.3, -0.25) is 14.4 Å². The second-order valence-corrected chi connectivity index (χ2v) is 9.53. The van der Waals surface area contributed by atoms with E-state index in [9.17, 15) is 19.5 Å². The predicted octanol–water partition coefficient (Wildman–Crippen LogP) is 3.42. The third-order valence-electron chi connectivity index (χ3n) is 6.58. The number of hydrogen-bond acceptors (Lipinski definition) is 5. The van der Waals surface area contributed by atoms with Gasteiger partial charge in [0, 0.05) is 24.6 Å². The van der Waals surface area contributed by atoms with Gasteiger partial charge in [0.25, 0.3) is 5.91 Å². The van der Waals surface area contributed by atoms with Crippen molar-refractivity contribution in [1.29, 1.82) is 0 Å². The summed E-state index contributed by atoms with van der Waals surface area (Å²) in [5.41, 5.74) is 1.56. The third-order valence-corrected chi connectivity index (χ3v) is 6.58. The molecule has 1 aliphatic carbocycles. The minimum atomic E-state index is -0.770. The molecule has 8 heteroatoms. The van der Waals surface area contributed by atoms with E-state index in [-0.39, 0.29) is 42.2 Å². The number of rotatable bonds is 9. The van der Waals surface area contributed by atoms with Gasteiger partial charge in [-0.1, -0.05) is 42.5 Å². The fourth-order valence-electron chi connectivity index (χ4n) is 4.62. The molecule has 1 saturated carbocycles. The Labute approximate surface area is 216 Å². The van der Waals surface area contributed by atoms with E-state index in [4.69, 9.17) is 4.74 Å². The van der Waals surface area contributed by atoms with Crippen molar-refractivity contribution in [2.75, 3.05) is 6.61 Å². The van der Waals surface area contributed by atoms with Crippen LogP contribution in [-0.2, 0) is 20.9 Å². The Morgan fingerprint density at radius 2 is 1.54 bits per heavy atom. The molecule has 1 unspecified atom stereocenters. The lowest BCUT2D eigenvalue weighted by Gasteiger charge is -2.31. The predicted molar refractivity (Wildman–Crippen MR) is 141 cm³/mol. The van der Waals surface area contributed by atoms with Gasteiger partial charge in [-0.2, -0.15) is 0 Å². The van der Waals surface area contributed by atoms with Gasteiger partial charge in [0.05, 0.1) is 13.2 Å². The number of carbonyl (C=O) groups is 3. The molecule has 0 saturated heterocycles. The Morgan fingerprint density at radius 1 is 0.892 bits per heavy atom. The van der Waals surface area contributed by atoms with Crippen LogP contribution in [0.5, 0.6) is 5.75 Å². The van der Waals surface area contributed by atoms with Crippen LogP contribution < -0.4 is 16.0 Å². The number of nitrogens with one attached hydrogen (secondary N) is 3. The smallest absolute Gasteiger partial charge is 0.251 e. The van der Waals surface area contributed by atoms with Gasteiger partial charge >= 0.3 is 0 Å². The molecule has 3 amide bonds. The van der Waals surface area contributed by atoms with E-state index in [0.29, 0.717) is 12.2 Å². The second-order valence-electron chi connectivity index (χ2n) is 9.53. The van der Waals surface area contributed by atoms with E-state index >= 15 is 0 Å². The van der Waals surface area contributed by atoms with Crippen molar-refractivity contribution in [3.05, 3.63) is 77.9 Å². The van der Waals surface area contributed by atoms with E-state index < -0.39 is 6.04 Å². The van der Waals surface area contributed by atoms with Gasteiger partial charge in [0.1, 0.15) is 11.8 Å². The lowest BCUT2D eigenvalue weighted by molar-refractivity contribution is -0.130. The summed E-state index contributed by atoms with van der Waals surface area (Å²) in [6.07, 6.45) is 2.94. The molecule has 0 bridgehead atoms. The molecule has 1 aliphatic rings. The van der Waals surface area contributed by atoms with Crippen molar-refractivity contribution in [3.8, 4) is 5.75 Å². The molecule has 1 fully saturated rings. The quantitative estimate of drug-likeness (QED) is 0.357. The van der Waals surface area contributed by atoms with Gasteiger partial charge in [-0.15, -0.1) is 0 Å². The number of carbonyl (C=O) groups excluding carboxylic acids is 3. The molecule has 194 valence electrons. The van der Waals surface area contributed by atoms with Gasteiger partial charge in [0.15, 0.2) is 0 Å². The molecular weight excluding hydrogens is 470 g/mol. The Hall–Kier alpha value is -3.91. The molecular formula is C29H33N3O5. The van der Waals surface area contributed by atoms with Crippen molar-refractivity contribution in [3.63, 3.8) is 0 Å². The third kappa shape index (κ3) is 7.54.